The highest BCUT2D eigenvalue weighted by atomic mass is 15.1. The first-order valence-electron chi connectivity index (χ1n) is 17.6. The van der Waals surface area contributed by atoms with Crippen LogP contribution in [0.5, 0.6) is 0 Å². The van der Waals surface area contributed by atoms with Crippen LogP contribution >= 0.6 is 0 Å². The van der Waals surface area contributed by atoms with Crippen molar-refractivity contribution in [3.8, 4) is 22.3 Å². The number of rotatable bonds is 5. The van der Waals surface area contributed by atoms with Crippen LogP contribution in [0.1, 0.15) is 0 Å². The van der Waals surface area contributed by atoms with E-state index < -0.39 is 0 Å². The van der Waals surface area contributed by atoms with E-state index in [9.17, 15) is 0 Å². The molecule has 0 fully saturated rings. The first kappa shape index (κ1) is 29.2. The molecule has 0 N–H and O–H groups in total. The molecule has 0 saturated carbocycles. The molecule has 1 heteroatoms. The maximum atomic E-state index is 2.45. The van der Waals surface area contributed by atoms with Gasteiger partial charge in [0, 0.05) is 16.8 Å². The van der Waals surface area contributed by atoms with Gasteiger partial charge >= 0.3 is 0 Å². The minimum atomic E-state index is 1.11. The monoisotopic (exact) mass is 647 g/mol. The average Bonchev–Trinajstić information content (AvgIpc) is 3.21. The Labute approximate surface area is 297 Å². The fourth-order valence-electron chi connectivity index (χ4n) is 8.01. The number of hydrogen-bond acceptors (Lipinski definition) is 1. The van der Waals surface area contributed by atoms with Gasteiger partial charge in [-0.25, -0.2) is 0 Å². The van der Waals surface area contributed by atoms with E-state index in [-0.39, 0.29) is 0 Å². The Balaban J connectivity index is 1.25. The highest BCUT2D eigenvalue weighted by molar-refractivity contribution is 6.21. The van der Waals surface area contributed by atoms with Gasteiger partial charge in [-0.2, -0.15) is 0 Å². The molecule has 0 aliphatic carbocycles. The van der Waals surface area contributed by atoms with Crippen molar-refractivity contribution in [1.82, 2.24) is 0 Å². The summed E-state index contributed by atoms with van der Waals surface area (Å²) in [7, 11) is 0. The van der Waals surface area contributed by atoms with Crippen molar-refractivity contribution in [1.29, 1.82) is 0 Å². The van der Waals surface area contributed by atoms with Gasteiger partial charge in [-0.1, -0.05) is 164 Å². The maximum Gasteiger partial charge on any atom is 0.0546 e. The normalized spacial score (nSPS) is 11.5. The summed E-state index contributed by atoms with van der Waals surface area (Å²) in [5.41, 5.74) is 8.19. The molecule has 10 aromatic carbocycles. The Kier molecular flexibility index (Phi) is 6.89. The lowest BCUT2D eigenvalue weighted by molar-refractivity contribution is 1.30. The summed E-state index contributed by atoms with van der Waals surface area (Å²) in [6, 6.07) is 73.1. The SMILES string of the molecule is c1ccc(-c2cccc(N(c3cccc(-c4cc5c6ccccc6ccc5c5ccccc45)c3)c3cc4ccccc4c4ccccc34)c2)cc1. The van der Waals surface area contributed by atoms with E-state index >= 15 is 0 Å². The molecule has 238 valence electrons. The van der Waals surface area contributed by atoms with Crippen LogP contribution in [0.2, 0.25) is 0 Å². The molecule has 10 rings (SSSR count). The average molecular weight is 648 g/mol. The van der Waals surface area contributed by atoms with E-state index in [2.05, 4.69) is 205 Å². The number of nitrogens with zero attached hydrogens (tertiary/aromatic N) is 1. The Morgan fingerprint density at radius 2 is 0.765 bits per heavy atom. The lowest BCUT2D eigenvalue weighted by Crippen LogP contribution is -2.11. The second-order valence-corrected chi connectivity index (χ2v) is 13.3. The molecule has 0 atom stereocenters. The van der Waals surface area contributed by atoms with Crippen molar-refractivity contribution < 1.29 is 0 Å². The first-order chi connectivity index (χ1) is 25.3. The molecule has 51 heavy (non-hydrogen) atoms. The molecule has 1 nitrogen and oxygen atoms in total. The fourth-order valence-corrected chi connectivity index (χ4v) is 8.01. The summed E-state index contributed by atoms with van der Waals surface area (Å²) in [6.45, 7) is 0. The van der Waals surface area contributed by atoms with Gasteiger partial charge in [-0.15, -0.1) is 0 Å². The molecular weight excluding hydrogens is 615 g/mol. The lowest BCUT2D eigenvalue weighted by Gasteiger charge is -2.28. The lowest BCUT2D eigenvalue weighted by atomic mass is 9.90. The third kappa shape index (κ3) is 4.94. The van der Waals surface area contributed by atoms with Crippen LogP contribution in [0.25, 0.3) is 76.1 Å². The third-order valence-corrected chi connectivity index (χ3v) is 10.4. The van der Waals surface area contributed by atoms with E-state index in [4.69, 9.17) is 0 Å². The molecule has 0 bridgehead atoms. The van der Waals surface area contributed by atoms with Crippen LogP contribution < -0.4 is 4.90 Å². The number of hydrogen-bond donors (Lipinski definition) is 0. The van der Waals surface area contributed by atoms with Crippen molar-refractivity contribution in [3.05, 3.63) is 200 Å². The van der Waals surface area contributed by atoms with Crippen LogP contribution in [0, 0.1) is 0 Å². The van der Waals surface area contributed by atoms with Gasteiger partial charge in [0.25, 0.3) is 0 Å². The van der Waals surface area contributed by atoms with Crippen molar-refractivity contribution in [2.24, 2.45) is 0 Å². The Morgan fingerprint density at radius 1 is 0.255 bits per heavy atom. The van der Waals surface area contributed by atoms with E-state index in [1.807, 2.05) is 0 Å². The van der Waals surface area contributed by atoms with Gasteiger partial charge < -0.3 is 4.90 Å². The molecular formula is C50H33N. The smallest absolute Gasteiger partial charge is 0.0546 e. The van der Waals surface area contributed by atoms with Gasteiger partial charge in [0.05, 0.1) is 5.69 Å². The molecule has 0 amide bonds. The van der Waals surface area contributed by atoms with Crippen LogP contribution in [0.15, 0.2) is 200 Å². The highest BCUT2D eigenvalue weighted by Crippen LogP contribution is 2.45. The Bertz CT molecular complexity index is 2920. The van der Waals surface area contributed by atoms with Crippen molar-refractivity contribution in [2.75, 3.05) is 4.90 Å². The Hall–Kier alpha value is -6.70. The standard InChI is InChI=1S/C50H33N/c1-2-14-34(15-3-1)36-18-12-20-39(30-36)51(50-32-38-17-5-7-23-42(38)43-24-10-11-27-47(43)50)40-21-13-19-37(31-40)48-33-49-41-22-6-4-16-35(41)28-29-46(49)44-25-8-9-26-45(44)48/h1-33H. The highest BCUT2D eigenvalue weighted by Gasteiger charge is 2.19. The number of anilines is 3. The summed E-state index contributed by atoms with van der Waals surface area (Å²) in [5, 5.41) is 12.6. The molecule has 0 aliphatic heterocycles. The molecule has 0 unspecified atom stereocenters. The zero-order valence-corrected chi connectivity index (χ0v) is 28.0. The predicted octanol–water partition coefficient (Wildman–Crippen LogP) is 14.3. The minimum Gasteiger partial charge on any atom is -0.310 e. The minimum absolute atomic E-state index is 1.11. The second-order valence-electron chi connectivity index (χ2n) is 13.3. The van der Waals surface area contributed by atoms with Gasteiger partial charge in [-0.3, -0.25) is 0 Å². The Morgan fingerprint density at radius 3 is 1.51 bits per heavy atom. The molecule has 0 aromatic heterocycles. The largest absolute Gasteiger partial charge is 0.310 e. The molecule has 0 spiro atoms. The van der Waals surface area contributed by atoms with Crippen LogP contribution in [-0.2, 0) is 0 Å². The summed E-state index contributed by atoms with van der Waals surface area (Å²) in [5.74, 6) is 0. The summed E-state index contributed by atoms with van der Waals surface area (Å²) >= 11 is 0. The summed E-state index contributed by atoms with van der Waals surface area (Å²) < 4.78 is 0. The fraction of sp³-hybridized carbons (Fsp3) is 0. The van der Waals surface area contributed by atoms with Gasteiger partial charge in [0.2, 0.25) is 0 Å². The quantitative estimate of drug-likeness (QED) is 0.168. The zero-order valence-electron chi connectivity index (χ0n) is 28.0. The molecule has 0 saturated heterocycles. The summed E-state index contributed by atoms with van der Waals surface area (Å²) in [6.07, 6.45) is 0. The van der Waals surface area contributed by atoms with E-state index in [0.29, 0.717) is 0 Å². The zero-order chi connectivity index (χ0) is 33.7. The molecule has 0 heterocycles. The molecule has 0 radical (unpaired) electrons. The van der Waals surface area contributed by atoms with Crippen LogP contribution in [0.3, 0.4) is 0 Å². The van der Waals surface area contributed by atoms with Crippen molar-refractivity contribution in [2.45, 2.75) is 0 Å². The van der Waals surface area contributed by atoms with Gasteiger partial charge in [-0.05, 0) is 107 Å². The van der Waals surface area contributed by atoms with Crippen molar-refractivity contribution in [3.63, 3.8) is 0 Å². The van der Waals surface area contributed by atoms with Crippen LogP contribution in [-0.4, -0.2) is 0 Å². The van der Waals surface area contributed by atoms with Gasteiger partial charge in [0.15, 0.2) is 0 Å². The van der Waals surface area contributed by atoms with E-state index in [0.717, 1.165) is 17.1 Å². The maximum absolute atomic E-state index is 2.45. The first-order valence-corrected chi connectivity index (χ1v) is 17.6. The van der Waals surface area contributed by atoms with Crippen molar-refractivity contribution >= 4 is 70.9 Å². The van der Waals surface area contributed by atoms with Gasteiger partial charge in [0.1, 0.15) is 0 Å². The molecule has 10 aromatic rings. The molecule has 0 aliphatic rings. The predicted molar refractivity (Wildman–Crippen MR) is 220 cm³/mol. The van der Waals surface area contributed by atoms with E-state index in [1.54, 1.807) is 0 Å². The summed E-state index contributed by atoms with van der Waals surface area (Å²) in [4.78, 5) is 2.45. The topological polar surface area (TPSA) is 3.24 Å². The third-order valence-electron chi connectivity index (χ3n) is 10.4. The number of benzene rings is 10. The van der Waals surface area contributed by atoms with Crippen LogP contribution in [0.4, 0.5) is 17.1 Å². The van der Waals surface area contributed by atoms with E-state index in [1.165, 1.54) is 76.1 Å². The second kappa shape index (κ2) is 12.0. The number of fused-ring (bicyclic) bond motifs is 8.